The molecule has 0 saturated heterocycles. The standard InChI is InChI=1S/C14H20N4/c1-4-6-12-17-13(14(15)18(12)5-2)11-9-16-8-7-10(11)3/h7-9H,4-6,15H2,1-3H3. The number of imidazole rings is 1. The van der Waals surface area contributed by atoms with Gasteiger partial charge in [0, 0.05) is 30.9 Å². The van der Waals surface area contributed by atoms with Gasteiger partial charge in [0.2, 0.25) is 0 Å². The smallest absolute Gasteiger partial charge is 0.131 e. The minimum absolute atomic E-state index is 0.747. The summed E-state index contributed by atoms with van der Waals surface area (Å²) < 4.78 is 2.09. The number of pyridine rings is 1. The Bertz CT molecular complexity index is 543. The molecular formula is C14H20N4. The normalized spacial score (nSPS) is 10.8. The van der Waals surface area contributed by atoms with E-state index in [1.54, 1.807) is 6.20 Å². The molecule has 0 spiro atoms. The third-order valence-corrected chi connectivity index (χ3v) is 3.17. The van der Waals surface area contributed by atoms with E-state index in [4.69, 9.17) is 10.7 Å². The second-order valence-corrected chi connectivity index (χ2v) is 4.45. The molecule has 4 nitrogen and oxygen atoms in total. The summed E-state index contributed by atoms with van der Waals surface area (Å²) in [4.78, 5) is 8.87. The zero-order chi connectivity index (χ0) is 13.1. The number of nitrogens with zero attached hydrogens (tertiary/aromatic N) is 3. The third kappa shape index (κ3) is 2.10. The van der Waals surface area contributed by atoms with Crippen LogP contribution in [0.4, 0.5) is 5.82 Å². The summed E-state index contributed by atoms with van der Waals surface area (Å²) in [6.07, 6.45) is 5.65. The van der Waals surface area contributed by atoms with Crippen molar-refractivity contribution in [1.29, 1.82) is 0 Å². The van der Waals surface area contributed by atoms with Crippen LogP contribution in [0.15, 0.2) is 18.5 Å². The number of anilines is 1. The number of aryl methyl sites for hydroxylation is 2. The van der Waals surface area contributed by atoms with Gasteiger partial charge in [0.25, 0.3) is 0 Å². The highest BCUT2D eigenvalue weighted by atomic mass is 15.1. The fourth-order valence-electron chi connectivity index (χ4n) is 2.19. The molecule has 2 aromatic rings. The number of nitrogen functional groups attached to an aromatic ring is 1. The van der Waals surface area contributed by atoms with Crippen LogP contribution in [0.2, 0.25) is 0 Å². The van der Waals surface area contributed by atoms with E-state index >= 15 is 0 Å². The summed E-state index contributed by atoms with van der Waals surface area (Å²) in [7, 11) is 0. The monoisotopic (exact) mass is 244 g/mol. The van der Waals surface area contributed by atoms with Gasteiger partial charge in [0.1, 0.15) is 17.3 Å². The average molecular weight is 244 g/mol. The maximum absolute atomic E-state index is 6.22. The summed E-state index contributed by atoms with van der Waals surface area (Å²) in [5, 5.41) is 0. The molecule has 0 amide bonds. The van der Waals surface area contributed by atoms with Crippen LogP contribution in [0.25, 0.3) is 11.3 Å². The highest BCUT2D eigenvalue weighted by Gasteiger charge is 2.15. The quantitative estimate of drug-likeness (QED) is 0.899. The largest absolute Gasteiger partial charge is 0.383 e. The van der Waals surface area contributed by atoms with Gasteiger partial charge in [-0.1, -0.05) is 6.92 Å². The van der Waals surface area contributed by atoms with E-state index < -0.39 is 0 Å². The highest BCUT2D eigenvalue weighted by Crippen LogP contribution is 2.28. The SMILES string of the molecule is CCCc1nc(-c2cnccc2C)c(N)n1CC. The number of hydrogen-bond donors (Lipinski definition) is 1. The molecular weight excluding hydrogens is 224 g/mol. The predicted octanol–water partition coefficient (Wildman–Crippen LogP) is 2.81. The predicted molar refractivity (Wildman–Crippen MR) is 74.3 cm³/mol. The van der Waals surface area contributed by atoms with Crippen LogP contribution in [-0.2, 0) is 13.0 Å². The molecule has 0 aliphatic heterocycles. The average Bonchev–Trinajstić information content (AvgIpc) is 2.67. The molecule has 2 N–H and O–H groups in total. The van der Waals surface area contributed by atoms with Crippen LogP contribution in [0, 0.1) is 6.92 Å². The van der Waals surface area contributed by atoms with Gasteiger partial charge in [-0.05, 0) is 31.9 Å². The van der Waals surface area contributed by atoms with E-state index in [1.165, 1.54) is 0 Å². The van der Waals surface area contributed by atoms with Crippen molar-refractivity contribution in [2.24, 2.45) is 0 Å². The molecule has 0 atom stereocenters. The summed E-state index contributed by atoms with van der Waals surface area (Å²) in [6, 6.07) is 1.99. The highest BCUT2D eigenvalue weighted by molar-refractivity contribution is 5.72. The summed E-state index contributed by atoms with van der Waals surface area (Å²) in [5.74, 6) is 1.81. The van der Waals surface area contributed by atoms with Crippen molar-refractivity contribution in [2.75, 3.05) is 5.73 Å². The first-order chi connectivity index (χ1) is 8.69. The zero-order valence-electron chi connectivity index (χ0n) is 11.3. The molecule has 0 radical (unpaired) electrons. The van der Waals surface area contributed by atoms with Crippen molar-refractivity contribution in [3.63, 3.8) is 0 Å². The Hall–Kier alpha value is -1.84. The second-order valence-electron chi connectivity index (χ2n) is 4.45. The molecule has 0 unspecified atom stereocenters. The van der Waals surface area contributed by atoms with E-state index in [0.29, 0.717) is 0 Å². The molecule has 0 aliphatic carbocycles. The van der Waals surface area contributed by atoms with Crippen molar-refractivity contribution < 1.29 is 0 Å². The lowest BCUT2D eigenvalue weighted by molar-refractivity contribution is 0.690. The van der Waals surface area contributed by atoms with Crippen LogP contribution in [0.3, 0.4) is 0 Å². The minimum atomic E-state index is 0.747. The Morgan fingerprint density at radius 1 is 1.33 bits per heavy atom. The van der Waals surface area contributed by atoms with Crippen LogP contribution in [-0.4, -0.2) is 14.5 Å². The molecule has 0 fully saturated rings. The Labute approximate surface area is 108 Å². The lowest BCUT2D eigenvalue weighted by atomic mass is 10.1. The second kappa shape index (κ2) is 5.21. The molecule has 4 heteroatoms. The van der Waals surface area contributed by atoms with Gasteiger partial charge in [-0.25, -0.2) is 4.98 Å². The molecule has 0 bridgehead atoms. The van der Waals surface area contributed by atoms with Crippen LogP contribution >= 0.6 is 0 Å². The number of aromatic nitrogens is 3. The summed E-state index contributed by atoms with van der Waals surface area (Å²) in [5.41, 5.74) is 9.27. The number of hydrogen-bond acceptors (Lipinski definition) is 3. The van der Waals surface area contributed by atoms with Crippen molar-refractivity contribution in [3.8, 4) is 11.3 Å². The van der Waals surface area contributed by atoms with Crippen molar-refractivity contribution in [3.05, 3.63) is 29.8 Å². The van der Waals surface area contributed by atoms with E-state index in [9.17, 15) is 0 Å². The molecule has 2 aromatic heterocycles. The lowest BCUT2D eigenvalue weighted by Gasteiger charge is -2.06. The Morgan fingerprint density at radius 2 is 2.11 bits per heavy atom. The minimum Gasteiger partial charge on any atom is -0.383 e. The zero-order valence-corrected chi connectivity index (χ0v) is 11.3. The van der Waals surface area contributed by atoms with Gasteiger partial charge in [-0.3, -0.25) is 4.98 Å². The first-order valence-corrected chi connectivity index (χ1v) is 6.44. The summed E-state index contributed by atoms with van der Waals surface area (Å²) >= 11 is 0. The molecule has 2 heterocycles. The molecule has 18 heavy (non-hydrogen) atoms. The maximum Gasteiger partial charge on any atom is 0.131 e. The molecule has 0 aromatic carbocycles. The van der Waals surface area contributed by atoms with Crippen LogP contribution in [0.1, 0.15) is 31.7 Å². The first-order valence-electron chi connectivity index (χ1n) is 6.44. The molecule has 0 saturated carbocycles. The van der Waals surface area contributed by atoms with Crippen LogP contribution in [0.5, 0.6) is 0 Å². The third-order valence-electron chi connectivity index (χ3n) is 3.17. The van der Waals surface area contributed by atoms with Crippen molar-refractivity contribution >= 4 is 5.82 Å². The van der Waals surface area contributed by atoms with Gasteiger partial charge in [0.15, 0.2) is 0 Å². The van der Waals surface area contributed by atoms with Gasteiger partial charge >= 0.3 is 0 Å². The first kappa shape index (κ1) is 12.6. The number of nitrogens with two attached hydrogens (primary N) is 1. The molecule has 96 valence electrons. The van der Waals surface area contributed by atoms with Gasteiger partial charge in [0.05, 0.1) is 0 Å². The van der Waals surface area contributed by atoms with Gasteiger partial charge in [-0.2, -0.15) is 0 Å². The Kier molecular flexibility index (Phi) is 3.65. The lowest BCUT2D eigenvalue weighted by Crippen LogP contribution is -2.05. The summed E-state index contributed by atoms with van der Waals surface area (Å²) in [6.45, 7) is 7.16. The molecule has 2 rings (SSSR count). The van der Waals surface area contributed by atoms with E-state index in [2.05, 4.69) is 30.3 Å². The van der Waals surface area contributed by atoms with Gasteiger partial charge in [-0.15, -0.1) is 0 Å². The Balaban J connectivity index is 2.55. The Morgan fingerprint density at radius 3 is 2.72 bits per heavy atom. The topological polar surface area (TPSA) is 56.7 Å². The molecule has 0 aliphatic rings. The van der Waals surface area contributed by atoms with Crippen molar-refractivity contribution in [1.82, 2.24) is 14.5 Å². The van der Waals surface area contributed by atoms with Crippen LogP contribution < -0.4 is 5.73 Å². The van der Waals surface area contributed by atoms with E-state index in [-0.39, 0.29) is 0 Å². The maximum atomic E-state index is 6.22. The fourth-order valence-corrected chi connectivity index (χ4v) is 2.19. The van der Waals surface area contributed by atoms with E-state index in [0.717, 1.165) is 47.8 Å². The van der Waals surface area contributed by atoms with E-state index in [1.807, 2.05) is 12.3 Å². The fraction of sp³-hybridized carbons (Fsp3) is 0.429. The van der Waals surface area contributed by atoms with Gasteiger partial charge < -0.3 is 10.3 Å². The van der Waals surface area contributed by atoms with Crippen molar-refractivity contribution in [2.45, 2.75) is 40.2 Å². The number of rotatable bonds is 4.